The first-order valence-corrected chi connectivity index (χ1v) is 4.44. The van der Waals surface area contributed by atoms with Gasteiger partial charge in [-0.15, -0.1) is 11.3 Å². The van der Waals surface area contributed by atoms with Gasteiger partial charge in [0.1, 0.15) is 5.75 Å². The van der Waals surface area contributed by atoms with Crippen molar-refractivity contribution in [2.75, 3.05) is 7.11 Å². The van der Waals surface area contributed by atoms with E-state index in [4.69, 9.17) is 4.74 Å². The molecule has 0 amide bonds. The van der Waals surface area contributed by atoms with Gasteiger partial charge in [0.15, 0.2) is 5.51 Å². The first kappa shape index (κ1) is 7.55. The summed E-state index contributed by atoms with van der Waals surface area (Å²) in [7, 11) is 1.67. The van der Waals surface area contributed by atoms with Crippen molar-refractivity contribution in [3.8, 4) is 5.75 Å². The van der Waals surface area contributed by atoms with Crippen molar-refractivity contribution in [3.05, 3.63) is 23.2 Å². The third kappa shape index (κ3) is 1.06. The monoisotopic (exact) mass is 178 g/mol. The Kier molecular flexibility index (Phi) is 1.73. The molecular formula is C9H8NOS. The van der Waals surface area contributed by atoms with E-state index < -0.39 is 0 Å². The van der Waals surface area contributed by atoms with Gasteiger partial charge in [0, 0.05) is 0 Å². The van der Waals surface area contributed by atoms with E-state index in [0.717, 1.165) is 16.0 Å². The highest BCUT2D eigenvalue weighted by Gasteiger charge is 2.04. The number of ether oxygens (including phenoxy) is 1. The molecule has 1 aromatic carbocycles. The fraction of sp³-hybridized carbons (Fsp3) is 0.222. The smallest absolute Gasteiger partial charge is 0.153 e. The minimum absolute atomic E-state index is 0.892. The van der Waals surface area contributed by atoms with Gasteiger partial charge in [-0.05, 0) is 24.6 Å². The molecule has 61 valence electrons. The molecule has 0 bridgehead atoms. The molecule has 2 aromatic rings. The summed E-state index contributed by atoms with van der Waals surface area (Å²) in [5.74, 6) is 0.892. The van der Waals surface area contributed by atoms with Gasteiger partial charge in [-0.1, -0.05) is 0 Å². The second kappa shape index (κ2) is 2.75. The molecule has 0 atom stereocenters. The van der Waals surface area contributed by atoms with Gasteiger partial charge in [0.05, 0.1) is 17.3 Å². The third-order valence-electron chi connectivity index (χ3n) is 1.71. The summed E-state index contributed by atoms with van der Waals surface area (Å²) in [6.07, 6.45) is 0. The number of methoxy groups -OCH3 is 1. The zero-order valence-corrected chi connectivity index (χ0v) is 7.73. The maximum absolute atomic E-state index is 5.22. The van der Waals surface area contributed by atoms with Crippen LogP contribution in [0.15, 0.2) is 12.1 Å². The number of rotatable bonds is 1. The molecule has 0 fully saturated rings. The van der Waals surface area contributed by atoms with Crippen LogP contribution in [0.5, 0.6) is 5.75 Å². The Morgan fingerprint density at radius 3 is 3.08 bits per heavy atom. The number of aryl methyl sites for hydroxylation is 1. The fourth-order valence-electron chi connectivity index (χ4n) is 1.18. The molecule has 0 aliphatic rings. The molecule has 2 rings (SSSR count). The van der Waals surface area contributed by atoms with Crippen molar-refractivity contribution in [1.82, 2.24) is 4.98 Å². The Balaban J connectivity index is 2.80. The summed E-state index contributed by atoms with van der Waals surface area (Å²) in [5, 5.41) is 0. The van der Waals surface area contributed by atoms with E-state index in [2.05, 4.69) is 10.5 Å². The van der Waals surface area contributed by atoms with E-state index in [1.165, 1.54) is 16.9 Å². The quantitative estimate of drug-likeness (QED) is 0.669. The molecule has 1 radical (unpaired) electrons. The van der Waals surface area contributed by atoms with Crippen LogP contribution in [0.25, 0.3) is 10.2 Å². The van der Waals surface area contributed by atoms with E-state index in [1.54, 1.807) is 7.11 Å². The number of fused-ring (bicyclic) bond motifs is 1. The van der Waals surface area contributed by atoms with Gasteiger partial charge in [0.25, 0.3) is 0 Å². The van der Waals surface area contributed by atoms with Crippen LogP contribution in [0.3, 0.4) is 0 Å². The van der Waals surface area contributed by atoms with Crippen LogP contribution in [-0.4, -0.2) is 12.1 Å². The van der Waals surface area contributed by atoms with E-state index in [0.29, 0.717) is 0 Å². The normalized spacial score (nSPS) is 10.5. The molecule has 12 heavy (non-hydrogen) atoms. The highest BCUT2D eigenvalue weighted by molar-refractivity contribution is 7.16. The SMILES string of the molecule is COc1cc(C)cc2n[c]sc12. The number of hydrogen-bond acceptors (Lipinski definition) is 3. The molecule has 1 heterocycles. The number of nitrogens with zero attached hydrogens (tertiary/aromatic N) is 1. The van der Waals surface area contributed by atoms with Crippen molar-refractivity contribution >= 4 is 21.6 Å². The topological polar surface area (TPSA) is 22.1 Å². The Morgan fingerprint density at radius 1 is 1.50 bits per heavy atom. The molecule has 0 saturated heterocycles. The Hall–Kier alpha value is -1.09. The molecule has 0 N–H and O–H groups in total. The van der Waals surface area contributed by atoms with Gasteiger partial charge >= 0.3 is 0 Å². The molecule has 1 aromatic heterocycles. The Bertz CT molecular complexity index is 408. The first-order valence-electron chi connectivity index (χ1n) is 3.62. The fourth-order valence-corrected chi connectivity index (χ4v) is 1.86. The number of aromatic nitrogens is 1. The van der Waals surface area contributed by atoms with Crippen LogP contribution < -0.4 is 4.74 Å². The van der Waals surface area contributed by atoms with Crippen molar-refractivity contribution in [1.29, 1.82) is 0 Å². The van der Waals surface area contributed by atoms with Crippen LogP contribution in [-0.2, 0) is 0 Å². The van der Waals surface area contributed by atoms with Gasteiger partial charge in [-0.25, -0.2) is 4.98 Å². The summed E-state index contributed by atoms with van der Waals surface area (Å²) >= 11 is 1.49. The van der Waals surface area contributed by atoms with Crippen LogP contribution in [0.1, 0.15) is 5.56 Å². The van der Waals surface area contributed by atoms with Crippen LogP contribution >= 0.6 is 11.3 Å². The summed E-state index contributed by atoms with van der Waals surface area (Å²) < 4.78 is 6.29. The number of thiazole rings is 1. The lowest BCUT2D eigenvalue weighted by Gasteiger charge is -2.01. The average molecular weight is 178 g/mol. The molecule has 0 unspecified atom stereocenters. The van der Waals surface area contributed by atoms with Crippen molar-refractivity contribution in [3.63, 3.8) is 0 Å². The molecule has 2 nitrogen and oxygen atoms in total. The van der Waals surface area contributed by atoms with Crippen molar-refractivity contribution in [2.24, 2.45) is 0 Å². The first-order chi connectivity index (χ1) is 5.81. The Morgan fingerprint density at radius 2 is 2.33 bits per heavy atom. The number of hydrogen-bond donors (Lipinski definition) is 0. The second-order valence-corrected chi connectivity index (χ2v) is 3.42. The van der Waals surface area contributed by atoms with E-state index >= 15 is 0 Å². The minimum Gasteiger partial charge on any atom is -0.495 e. The van der Waals surface area contributed by atoms with E-state index in [9.17, 15) is 0 Å². The lowest BCUT2D eigenvalue weighted by atomic mass is 10.2. The zero-order valence-electron chi connectivity index (χ0n) is 6.92. The highest BCUT2D eigenvalue weighted by Crippen LogP contribution is 2.29. The van der Waals surface area contributed by atoms with E-state index in [-0.39, 0.29) is 0 Å². The average Bonchev–Trinajstić information content (AvgIpc) is 2.50. The van der Waals surface area contributed by atoms with E-state index in [1.807, 2.05) is 19.1 Å². The zero-order chi connectivity index (χ0) is 8.55. The standard InChI is InChI=1S/C9H8NOS/c1-6-3-7-9(12-5-10-7)8(4-6)11-2/h3-4H,1-2H3. The summed E-state index contributed by atoms with van der Waals surface area (Å²) in [6.45, 7) is 2.03. The second-order valence-electron chi connectivity index (χ2n) is 2.62. The third-order valence-corrected chi connectivity index (χ3v) is 2.51. The maximum Gasteiger partial charge on any atom is 0.153 e. The molecule has 0 aliphatic carbocycles. The highest BCUT2D eigenvalue weighted by atomic mass is 32.1. The predicted molar refractivity (Wildman–Crippen MR) is 49.7 cm³/mol. The van der Waals surface area contributed by atoms with Crippen LogP contribution in [0.2, 0.25) is 0 Å². The van der Waals surface area contributed by atoms with Gasteiger partial charge < -0.3 is 4.74 Å². The van der Waals surface area contributed by atoms with Crippen LogP contribution in [0.4, 0.5) is 0 Å². The summed E-state index contributed by atoms with van der Waals surface area (Å²) in [6, 6.07) is 4.04. The molecule has 0 aliphatic heterocycles. The molecule has 0 saturated carbocycles. The van der Waals surface area contributed by atoms with Crippen LogP contribution in [0, 0.1) is 12.4 Å². The minimum atomic E-state index is 0.892. The van der Waals surface area contributed by atoms with Gasteiger partial charge in [-0.2, -0.15) is 0 Å². The van der Waals surface area contributed by atoms with Gasteiger partial charge in [0.2, 0.25) is 0 Å². The lowest BCUT2D eigenvalue weighted by Crippen LogP contribution is -1.83. The summed E-state index contributed by atoms with van der Waals surface area (Å²) in [5.41, 5.74) is 4.99. The summed E-state index contributed by atoms with van der Waals surface area (Å²) in [4.78, 5) is 4.10. The number of benzene rings is 1. The van der Waals surface area contributed by atoms with Crippen molar-refractivity contribution < 1.29 is 4.74 Å². The predicted octanol–water partition coefficient (Wildman–Crippen LogP) is 2.41. The largest absolute Gasteiger partial charge is 0.495 e. The Labute approximate surface area is 74.8 Å². The van der Waals surface area contributed by atoms with Crippen molar-refractivity contribution in [2.45, 2.75) is 6.92 Å². The molecule has 3 heteroatoms. The molecular weight excluding hydrogens is 170 g/mol. The van der Waals surface area contributed by atoms with Gasteiger partial charge in [-0.3, -0.25) is 0 Å². The lowest BCUT2D eigenvalue weighted by molar-refractivity contribution is 0.420. The molecule has 0 spiro atoms. The maximum atomic E-state index is 5.22.